The lowest BCUT2D eigenvalue weighted by Crippen LogP contribution is -2.52. The highest BCUT2D eigenvalue weighted by Gasteiger charge is 2.25. The van der Waals surface area contributed by atoms with Crippen LogP contribution in [0, 0.1) is 0 Å². The SMILES string of the molecule is O=C(NC1=NC(c2ccncc2)CS1)N1CCN(c2ccncc2)CC1. The van der Waals surface area contributed by atoms with Crippen molar-refractivity contribution in [3.05, 3.63) is 54.6 Å². The Labute approximate surface area is 156 Å². The molecule has 134 valence electrons. The molecule has 0 aromatic carbocycles. The van der Waals surface area contributed by atoms with Gasteiger partial charge in [0.05, 0.1) is 6.04 Å². The van der Waals surface area contributed by atoms with E-state index in [1.165, 1.54) is 0 Å². The number of thioether (sulfide) groups is 1. The predicted octanol–water partition coefficient (Wildman–Crippen LogP) is 2.15. The van der Waals surface area contributed by atoms with Gasteiger partial charge in [-0.05, 0) is 29.8 Å². The fourth-order valence-electron chi connectivity index (χ4n) is 3.09. The normalized spacial score (nSPS) is 20.0. The molecular formula is C18H20N6OS. The number of carbonyl (C=O) groups excluding carboxylic acids is 1. The molecule has 1 fully saturated rings. The molecule has 1 saturated heterocycles. The van der Waals surface area contributed by atoms with Crippen molar-refractivity contribution in [2.24, 2.45) is 4.99 Å². The van der Waals surface area contributed by atoms with Crippen molar-refractivity contribution in [1.82, 2.24) is 20.2 Å². The van der Waals surface area contributed by atoms with Crippen LogP contribution in [-0.4, -0.2) is 58.0 Å². The van der Waals surface area contributed by atoms with Crippen LogP contribution >= 0.6 is 11.8 Å². The summed E-state index contributed by atoms with van der Waals surface area (Å²) in [6.07, 6.45) is 7.13. The Morgan fingerprint density at radius 1 is 1.00 bits per heavy atom. The Bertz CT molecular complexity index is 777. The zero-order valence-corrected chi connectivity index (χ0v) is 15.1. The molecule has 0 spiro atoms. The van der Waals surface area contributed by atoms with E-state index in [9.17, 15) is 4.79 Å². The first-order valence-corrected chi connectivity index (χ1v) is 9.59. The third-order valence-corrected chi connectivity index (χ3v) is 5.51. The highest BCUT2D eigenvalue weighted by molar-refractivity contribution is 8.14. The molecule has 0 radical (unpaired) electrons. The Balaban J connectivity index is 1.31. The number of amides is 2. The summed E-state index contributed by atoms with van der Waals surface area (Å²) in [5.41, 5.74) is 2.28. The Kier molecular flexibility index (Phi) is 5.01. The average molecular weight is 368 g/mol. The van der Waals surface area contributed by atoms with E-state index in [4.69, 9.17) is 0 Å². The summed E-state index contributed by atoms with van der Waals surface area (Å²) in [6.45, 7) is 3.02. The number of aromatic nitrogens is 2. The summed E-state index contributed by atoms with van der Waals surface area (Å²) in [5.74, 6) is 0.843. The van der Waals surface area contributed by atoms with Crippen molar-refractivity contribution in [2.75, 3.05) is 36.8 Å². The minimum absolute atomic E-state index is 0.0685. The lowest BCUT2D eigenvalue weighted by atomic mass is 10.1. The lowest BCUT2D eigenvalue weighted by molar-refractivity contribution is 0.199. The summed E-state index contributed by atoms with van der Waals surface area (Å²) >= 11 is 1.59. The molecule has 1 N–H and O–H groups in total. The molecule has 0 aliphatic carbocycles. The molecular weight excluding hydrogens is 348 g/mol. The third-order valence-electron chi connectivity index (χ3n) is 4.55. The first kappa shape index (κ1) is 16.8. The summed E-state index contributed by atoms with van der Waals surface area (Å²) in [5, 5.41) is 3.66. The topological polar surface area (TPSA) is 73.7 Å². The van der Waals surface area contributed by atoms with Gasteiger partial charge in [0.2, 0.25) is 0 Å². The zero-order valence-electron chi connectivity index (χ0n) is 14.3. The van der Waals surface area contributed by atoms with Gasteiger partial charge >= 0.3 is 6.03 Å². The molecule has 8 heteroatoms. The predicted molar refractivity (Wildman–Crippen MR) is 103 cm³/mol. The van der Waals surface area contributed by atoms with Gasteiger partial charge in [0.1, 0.15) is 0 Å². The van der Waals surface area contributed by atoms with Crippen LogP contribution in [0.4, 0.5) is 10.5 Å². The van der Waals surface area contributed by atoms with Crippen LogP contribution in [0.5, 0.6) is 0 Å². The Morgan fingerprint density at radius 2 is 1.65 bits per heavy atom. The Morgan fingerprint density at radius 3 is 2.35 bits per heavy atom. The highest BCUT2D eigenvalue weighted by atomic mass is 32.2. The molecule has 1 atom stereocenters. The van der Waals surface area contributed by atoms with Crippen LogP contribution in [-0.2, 0) is 0 Å². The molecule has 2 aliphatic rings. The van der Waals surface area contributed by atoms with E-state index in [0.717, 1.165) is 30.1 Å². The number of pyridine rings is 2. The molecule has 4 rings (SSSR count). The van der Waals surface area contributed by atoms with Gasteiger partial charge in [0.15, 0.2) is 5.17 Å². The fourth-order valence-corrected chi connectivity index (χ4v) is 4.04. The van der Waals surface area contributed by atoms with Gasteiger partial charge in [0, 0.05) is 62.4 Å². The second-order valence-electron chi connectivity index (χ2n) is 6.15. The highest BCUT2D eigenvalue weighted by Crippen LogP contribution is 2.29. The van der Waals surface area contributed by atoms with E-state index in [1.807, 2.05) is 29.2 Å². The number of nitrogens with zero attached hydrogens (tertiary/aromatic N) is 5. The number of amidine groups is 1. The summed E-state index contributed by atoms with van der Waals surface area (Å²) in [4.78, 5) is 29.4. The number of rotatable bonds is 2. The van der Waals surface area contributed by atoms with Crippen LogP contribution in [0.2, 0.25) is 0 Å². The molecule has 7 nitrogen and oxygen atoms in total. The van der Waals surface area contributed by atoms with Gasteiger partial charge in [-0.1, -0.05) is 11.8 Å². The van der Waals surface area contributed by atoms with E-state index < -0.39 is 0 Å². The summed E-state index contributed by atoms with van der Waals surface area (Å²) in [6, 6.07) is 7.95. The second-order valence-corrected chi connectivity index (χ2v) is 7.16. The number of anilines is 1. The Hall–Kier alpha value is -2.61. The van der Waals surface area contributed by atoms with Gasteiger partial charge in [-0.15, -0.1) is 0 Å². The molecule has 4 heterocycles. The van der Waals surface area contributed by atoms with Crippen molar-refractivity contribution in [3.63, 3.8) is 0 Å². The average Bonchev–Trinajstić information content (AvgIpc) is 3.18. The quantitative estimate of drug-likeness (QED) is 0.879. The fraction of sp³-hybridized carbons (Fsp3) is 0.333. The monoisotopic (exact) mass is 368 g/mol. The number of urea groups is 1. The van der Waals surface area contributed by atoms with Crippen molar-refractivity contribution >= 4 is 28.6 Å². The number of hydrogen-bond donors (Lipinski definition) is 1. The van der Waals surface area contributed by atoms with Crippen molar-refractivity contribution in [3.8, 4) is 0 Å². The number of piperazine rings is 1. The molecule has 0 bridgehead atoms. The third kappa shape index (κ3) is 3.80. The maximum absolute atomic E-state index is 12.5. The number of hydrogen-bond acceptors (Lipinski definition) is 6. The standard InChI is InChI=1S/C18H20N6OS/c25-18(22-17-21-16(13-26-17)14-1-5-19-6-2-14)24-11-9-23(10-12-24)15-3-7-20-8-4-15/h1-8,16H,9-13H2,(H,21,22,25). The summed E-state index contributed by atoms with van der Waals surface area (Å²) < 4.78 is 0. The first-order chi connectivity index (χ1) is 12.8. The molecule has 2 aliphatic heterocycles. The molecule has 0 saturated carbocycles. The van der Waals surface area contributed by atoms with E-state index in [2.05, 4.69) is 25.2 Å². The first-order valence-electron chi connectivity index (χ1n) is 8.61. The number of carbonyl (C=O) groups is 1. The van der Waals surface area contributed by atoms with E-state index in [1.54, 1.807) is 36.5 Å². The van der Waals surface area contributed by atoms with E-state index in [-0.39, 0.29) is 12.1 Å². The van der Waals surface area contributed by atoms with Crippen LogP contribution < -0.4 is 10.2 Å². The lowest BCUT2D eigenvalue weighted by Gasteiger charge is -2.35. The van der Waals surface area contributed by atoms with Gasteiger partial charge in [0.25, 0.3) is 0 Å². The van der Waals surface area contributed by atoms with Crippen LogP contribution in [0.15, 0.2) is 54.0 Å². The molecule has 2 amide bonds. The van der Waals surface area contributed by atoms with Gasteiger partial charge in [-0.3, -0.25) is 20.3 Å². The minimum atomic E-state index is -0.0685. The van der Waals surface area contributed by atoms with Crippen LogP contribution in [0.25, 0.3) is 0 Å². The smallest absolute Gasteiger partial charge is 0.323 e. The summed E-state index contributed by atoms with van der Waals surface area (Å²) in [7, 11) is 0. The van der Waals surface area contributed by atoms with Gasteiger partial charge in [-0.25, -0.2) is 4.79 Å². The van der Waals surface area contributed by atoms with Gasteiger partial charge in [-0.2, -0.15) is 0 Å². The molecule has 2 aromatic rings. The minimum Gasteiger partial charge on any atom is -0.368 e. The van der Waals surface area contributed by atoms with Crippen molar-refractivity contribution < 1.29 is 4.79 Å². The van der Waals surface area contributed by atoms with E-state index >= 15 is 0 Å². The number of aliphatic imine (C=N–C) groups is 1. The van der Waals surface area contributed by atoms with Crippen molar-refractivity contribution in [2.45, 2.75) is 6.04 Å². The van der Waals surface area contributed by atoms with Crippen LogP contribution in [0.1, 0.15) is 11.6 Å². The number of nitrogens with one attached hydrogen (secondary N) is 1. The van der Waals surface area contributed by atoms with Crippen molar-refractivity contribution in [1.29, 1.82) is 0 Å². The van der Waals surface area contributed by atoms with E-state index in [0.29, 0.717) is 18.3 Å². The maximum Gasteiger partial charge on any atom is 0.323 e. The van der Waals surface area contributed by atoms with Crippen LogP contribution in [0.3, 0.4) is 0 Å². The molecule has 2 aromatic heterocycles. The van der Waals surface area contributed by atoms with Gasteiger partial charge < -0.3 is 9.80 Å². The zero-order chi connectivity index (χ0) is 17.8. The molecule has 26 heavy (non-hydrogen) atoms. The second kappa shape index (κ2) is 7.74. The largest absolute Gasteiger partial charge is 0.368 e. The molecule has 1 unspecified atom stereocenters. The maximum atomic E-state index is 12.5.